The fourth-order valence-electron chi connectivity index (χ4n) is 1.68. The Hall–Kier alpha value is -2.43. The second-order valence-electron chi connectivity index (χ2n) is 4.25. The Kier molecular flexibility index (Phi) is 3.46. The molecule has 1 aromatic carbocycles. The monoisotopic (exact) mass is 260 g/mol. The lowest BCUT2D eigenvalue weighted by Gasteiger charge is -2.10. The molecule has 1 aromatic heterocycles. The van der Waals surface area contributed by atoms with Gasteiger partial charge >= 0.3 is 0 Å². The Labute approximate surface area is 109 Å². The summed E-state index contributed by atoms with van der Waals surface area (Å²) in [7, 11) is 0. The van der Waals surface area contributed by atoms with E-state index >= 15 is 0 Å². The Bertz CT molecular complexity index is 641. The molecule has 0 saturated carbocycles. The second kappa shape index (κ2) is 5.06. The molecule has 4 nitrogen and oxygen atoms in total. The first-order chi connectivity index (χ1) is 8.99. The number of carbonyl (C=O) groups excluding carboxylic acids is 1. The van der Waals surface area contributed by atoms with E-state index in [0.717, 1.165) is 0 Å². The molecule has 2 N–H and O–H groups in total. The minimum absolute atomic E-state index is 0.118. The maximum absolute atomic E-state index is 13.4. The number of phenols is 1. The lowest BCUT2D eigenvalue weighted by molar-refractivity contribution is 0.102. The summed E-state index contributed by atoms with van der Waals surface area (Å²) in [6.07, 6.45) is 1.28. The number of hydrogen-bond donors (Lipinski definition) is 2. The van der Waals surface area contributed by atoms with Crippen molar-refractivity contribution in [2.45, 2.75) is 13.8 Å². The number of aromatic nitrogens is 1. The summed E-state index contributed by atoms with van der Waals surface area (Å²) >= 11 is 0. The normalized spacial score (nSPS) is 10.3. The van der Waals surface area contributed by atoms with Crippen LogP contribution in [0.4, 0.5) is 10.1 Å². The third-order valence-electron chi connectivity index (χ3n) is 2.79. The third kappa shape index (κ3) is 2.70. The molecule has 0 aliphatic rings. The summed E-state index contributed by atoms with van der Waals surface area (Å²) in [6, 6.07) is 6.04. The highest BCUT2D eigenvalue weighted by atomic mass is 19.1. The zero-order valence-corrected chi connectivity index (χ0v) is 10.6. The van der Waals surface area contributed by atoms with Crippen molar-refractivity contribution in [3.05, 3.63) is 53.1 Å². The molecule has 0 saturated heterocycles. The van der Waals surface area contributed by atoms with Crippen molar-refractivity contribution >= 4 is 11.6 Å². The fourth-order valence-corrected chi connectivity index (χ4v) is 1.68. The minimum Gasteiger partial charge on any atom is -0.508 e. The van der Waals surface area contributed by atoms with Gasteiger partial charge in [-0.2, -0.15) is 4.39 Å². The van der Waals surface area contributed by atoms with E-state index in [2.05, 4.69) is 10.3 Å². The number of rotatable bonds is 2. The highest BCUT2D eigenvalue weighted by molar-refractivity contribution is 6.04. The Morgan fingerprint density at radius 2 is 2.05 bits per heavy atom. The van der Waals surface area contributed by atoms with Gasteiger partial charge in [-0.25, -0.2) is 4.98 Å². The Morgan fingerprint density at radius 1 is 1.32 bits per heavy atom. The number of halogens is 1. The van der Waals surface area contributed by atoms with Gasteiger partial charge in [-0.05, 0) is 49.2 Å². The van der Waals surface area contributed by atoms with Crippen molar-refractivity contribution in [2.24, 2.45) is 0 Å². The number of pyridine rings is 1. The number of anilines is 1. The molecule has 0 unspecified atom stereocenters. The van der Waals surface area contributed by atoms with Gasteiger partial charge in [0.25, 0.3) is 5.91 Å². The first-order valence-electron chi connectivity index (χ1n) is 5.71. The van der Waals surface area contributed by atoms with E-state index in [-0.39, 0.29) is 11.3 Å². The number of aryl methyl sites for hydroxylation is 2. The maximum Gasteiger partial charge on any atom is 0.260 e. The number of phenolic OH excluding ortho intramolecular Hbond substituents is 1. The number of carbonyl (C=O) groups is 1. The lowest BCUT2D eigenvalue weighted by Crippen LogP contribution is -2.15. The number of amides is 1. The summed E-state index contributed by atoms with van der Waals surface area (Å²) in [4.78, 5) is 15.4. The average molecular weight is 260 g/mol. The summed E-state index contributed by atoms with van der Waals surface area (Å²) in [5.41, 5.74) is 1.74. The minimum atomic E-state index is -0.812. The van der Waals surface area contributed by atoms with Crippen LogP contribution in [0.5, 0.6) is 5.75 Å². The Balaban J connectivity index is 2.30. The van der Waals surface area contributed by atoms with E-state index in [1.165, 1.54) is 18.3 Å². The van der Waals surface area contributed by atoms with Gasteiger partial charge in [0.2, 0.25) is 5.95 Å². The predicted octanol–water partition coefficient (Wildman–Crippen LogP) is 2.80. The molecule has 2 aromatic rings. The topological polar surface area (TPSA) is 62.2 Å². The van der Waals surface area contributed by atoms with Crippen LogP contribution in [0.3, 0.4) is 0 Å². The molecule has 5 heteroatoms. The van der Waals surface area contributed by atoms with Crippen molar-refractivity contribution < 1.29 is 14.3 Å². The van der Waals surface area contributed by atoms with E-state index in [0.29, 0.717) is 16.8 Å². The van der Waals surface area contributed by atoms with Gasteiger partial charge in [0.15, 0.2) is 0 Å². The zero-order valence-electron chi connectivity index (χ0n) is 10.6. The van der Waals surface area contributed by atoms with Crippen molar-refractivity contribution in [3.63, 3.8) is 0 Å². The molecule has 0 aliphatic carbocycles. The van der Waals surface area contributed by atoms with Gasteiger partial charge in [0.1, 0.15) is 5.75 Å². The van der Waals surface area contributed by atoms with E-state index in [1.807, 2.05) is 0 Å². The molecule has 98 valence electrons. The van der Waals surface area contributed by atoms with E-state index < -0.39 is 11.9 Å². The standard InChI is InChI=1S/C14H13FN2O2/c1-8-7-12(18)9(2)6-11(8)17-14(19)10-4-3-5-16-13(10)15/h3-7,18H,1-2H3,(H,17,19). The van der Waals surface area contributed by atoms with Crippen molar-refractivity contribution in [1.29, 1.82) is 0 Å². The van der Waals surface area contributed by atoms with Crippen LogP contribution < -0.4 is 5.32 Å². The molecule has 2 rings (SSSR count). The van der Waals surface area contributed by atoms with Gasteiger partial charge in [0, 0.05) is 11.9 Å². The van der Waals surface area contributed by atoms with Crippen LogP contribution in [-0.4, -0.2) is 16.0 Å². The molecule has 19 heavy (non-hydrogen) atoms. The number of benzene rings is 1. The van der Waals surface area contributed by atoms with Gasteiger partial charge in [-0.3, -0.25) is 4.79 Å². The van der Waals surface area contributed by atoms with E-state index in [1.54, 1.807) is 26.0 Å². The van der Waals surface area contributed by atoms with Crippen LogP contribution in [-0.2, 0) is 0 Å². The number of nitrogens with zero attached hydrogens (tertiary/aromatic N) is 1. The van der Waals surface area contributed by atoms with Crippen LogP contribution in [0.15, 0.2) is 30.5 Å². The molecule has 0 bridgehead atoms. The van der Waals surface area contributed by atoms with Gasteiger partial charge in [0.05, 0.1) is 5.56 Å². The van der Waals surface area contributed by atoms with Gasteiger partial charge in [-0.1, -0.05) is 0 Å². The number of aromatic hydroxyl groups is 1. The molecule has 0 radical (unpaired) electrons. The number of hydrogen-bond acceptors (Lipinski definition) is 3. The van der Waals surface area contributed by atoms with Crippen LogP contribution in [0, 0.1) is 19.8 Å². The maximum atomic E-state index is 13.4. The first kappa shape index (κ1) is 13.0. The quantitative estimate of drug-likeness (QED) is 0.644. The lowest BCUT2D eigenvalue weighted by atomic mass is 10.1. The molecule has 0 spiro atoms. The average Bonchev–Trinajstić information content (AvgIpc) is 2.36. The third-order valence-corrected chi connectivity index (χ3v) is 2.79. The van der Waals surface area contributed by atoms with Crippen LogP contribution in [0.25, 0.3) is 0 Å². The highest BCUT2D eigenvalue weighted by Gasteiger charge is 2.13. The summed E-state index contributed by atoms with van der Waals surface area (Å²) in [6.45, 7) is 3.46. The number of nitrogens with one attached hydrogen (secondary N) is 1. The highest BCUT2D eigenvalue weighted by Crippen LogP contribution is 2.25. The van der Waals surface area contributed by atoms with Crippen LogP contribution in [0.1, 0.15) is 21.5 Å². The molecule has 0 atom stereocenters. The van der Waals surface area contributed by atoms with Crippen LogP contribution in [0.2, 0.25) is 0 Å². The van der Waals surface area contributed by atoms with Gasteiger partial charge in [-0.15, -0.1) is 0 Å². The molecule has 1 amide bonds. The second-order valence-corrected chi connectivity index (χ2v) is 4.25. The van der Waals surface area contributed by atoms with Crippen molar-refractivity contribution in [2.75, 3.05) is 5.32 Å². The van der Waals surface area contributed by atoms with Crippen molar-refractivity contribution in [1.82, 2.24) is 4.98 Å². The largest absolute Gasteiger partial charge is 0.508 e. The fraction of sp³-hybridized carbons (Fsp3) is 0.143. The summed E-state index contributed by atoms with van der Waals surface area (Å²) < 4.78 is 13.4. The molecule has 0 fully saturated rings. The zero-order chi connectivity index (χ0) is 14.0. The van der Waals surface area contributed by atoms with Crippen LogP contribution >= 0.6 is 0 Å². The Morgan fingerprint density at radius 3 is 2.74 bits per heavy atom. The SMILES string of the molecule is Cc1cc(NC(=O)c2cccnc2F)c(C)cc1O. The molecule has 1 heterocycles. The summed E-state index contributed by atoms with van der Waals surface area (Å²) in [5.74, 6) is -1.23. The first-order valence-corrected chi connectivity index (χ1v) is 5.71. The molecular formula is C14H13FN2O2. The van der Waals surface area contributed by atoms with Gasteiger partial charge < -0.3 is 10.4 Å². The summed E-state index contributed by atoms with van der Waals surface area (Å²) in [5, 5.41) is 12.1. The predicted molar refractivity (Wildman–Crippen MR) is 69.7 cm³/mol. The molecule has 0 aliphatic heterocycles. The molecular weight excluding hydrogens is 247 g/mol. The van der Waals surface area contributed by atoms with E-state index in [9.17, 15) is 14.3 Å². The smallest absolute Gasteiger partial charge is 0.260 e. The van der Waals surface area contributed by atoms with Crippen molar-refractivity contribution in [3.8, 4) is 5.75 Å². The van der Waals surface area contributed by atoms with E-state index in [4.69, 9.17) is 0 Å².